The van der Waals surface area contributed by atoms with E-state index >= 15 is 0 Å². The van der Waals surface area contributed by atoms with Crippen molar-refractivity contribution < 1.29 is 0 Å². The summed E-state index contributed by atoms with van der Waals surface area (Å²) in [6, 6.07) is 7.90. The number of hydrogen-bond acceptors (Lipinski definition) is 3. The molecule has 1 rings (SSSR count). The molecule has 0 amide bonds. The third-order valence-electron chi connectivity index (χ3n) is 1.79. The molecule has 0 radical (unpaired) electrons. The molecule has 0 atom stereocenters. The first kappa shape index (κ1) is 9.03. The van der Waals surface area contributed by atoms with Crippen molar-refractivity contribution in [2.45, 2.75) is 19.8 Å². The van der Waals surface area contributed by atoms with Gasteiger partial charge in [0, 0.05) is 0 Å². The van der Waals surface area contributed by atoms with E-state index < -0.39 is 0 Å². The van der Waals surface area contributed by atoms with Crippen molar-refractivity contribution in [1.29, 1.82) is 0 Å². The summed E-state index contributed by atoms with van der Waals surface area (Å²) in [6.45, 7) is 2.13. The Balaban J connectivity index is 2.92. The molecule has 1 aromatic carbocycles. The summed E-state index contributed by atoms with van der Waals surface area (Å²) in [4.78, 5) is 0. The predicted molar refractivity (Wildman–Crippen MR) is 51.3 cm³/mol. The highest BCUT2D eigenvalue weighted by molar-refractivity contribution is 5.51. The van der Waals surface area contributed by atoms with Gasteiger partial charge < -0.3 is 0 Å². The van der Waals surface area contributed by atoms with Gasteiger partial charge in [0.15, 0.2) is 0 Å². The number of para-hydroxylation sites is 1. The van der Waals surface area contributed by atoms with E-state index in [0.717, 1.165) is 18.5 Å². The molecule has 0 aromatic heterocycles. The first-order valence-corrected chi connectivity index (χ1v) is 4.13. The minimum absolute atomic E-state index is 0.902. The zero-order valence-corrected chi connectivity index (χ0v) is 7.33. The molecule has 12 heavy (non-hydrogen) atoms. The van der Waals surface area contributed by atoms with Crippen LogP contribution in [0.25, 0.3) is 0 Å². The molecule has 0 aliphatic carbocycles. The van der Waals surface area contributed by atoms with Crippen LogP contribution in [0.4, 0.5) is 5.69 Å². The lowest BCUT2D eigenvalue weighted by Crippen LogP contribution is -2.38. The van der Waals surface area contributed by atoms with Crippen LogP contribution in [0.2, 0.25) is 0 Å². The number of hydrogen-bond donors (Lipinski definition) is 2. The van der Waals surface area contributed by atoms with Gasteiger partial charge in [0.1, 0.15) is 0 Å². The molecular formula is C9H15N3. The van der Waals surface area contributed by atoms with E-state index in [-0.39, 0.29) is 0 Å². The van der Waals surface area contributed by atoms with Crippen LogP contribution in [0.5, 0.6) is 0 Å². The van der Waals surface area contributed by atoms with Crippen molar-refractivity contribution in [3.63, 3.8) is 0 Å². The first-order valence-electron chi connectivity index (χ1n) is 4.13. The fraction of sp³-hybridized carbons (Fsp3) is 0.333. The van der Waals surface area contributed by atoms with Gasteiger partial charge in [0.25, 0.3) is 0 Å². The summed E-state index contributed by atoms with van der Waals surface area (Å²) in [5.41, 5.74) is 2.10. The topological polar surface area (TPSA) is 55.3 Å². The average Bonchev–Trinajstić information content (AvgIpc) is 2.05. The van der Waals surface area contributed by atoms with Crippen LogP contribution in [-0.2, 0) is 6.42 Å². The van der Waals surface area contributed by atoms with Gasteiger partial charge in [-0.2, -0.15) is 0 Å². The van der Waals surface area contributed by atoms with E-state index in [4.69, 9.17) is 11.7 Å². The van der Waals surface area contributed by atoms with Gasteiger partial charge in [0.2, 0.25) is 0 Å². The summed E-state index contributed by atoms with van der Waals surface area (Å²) in [5, 5.41) is 1.17. The molecule has 0 aliphatic heterocycles. The Kier molecular flexibility index (Phi) is 3.08. The van der Waals surface area contributed by atoms with Crippen molar-refractivity contribution in [3.05, 3.63) is 29.8 Å². The smallest absolute Gasteiger partial charge is 0.0728 e. The molecule has 0 fully saturated rings. The molecule has 3 heteroatoms. The summed E-state index contributed by atoms with van der Waals surface area (Å²) in [7, 11) is 0. The quantitative estimate of drug-likeness (QED) is 0.522. The van der Waals surface area contributed by atoms with Gasteiger partial charge in [0.05, 0.1) is 5.69 Å². The molecule has 0 unspecified atom stereocenters. The Morgan fingerprint density at radius 2 is 1.92 bits per heavy atom. The molecule has 0 bridgehead atoms. The van der Waals surface area contributed by atoms with Crippen LogP contribution in [0, 0.1) is 0 Å². The first-order chi connectivity index (χ1) is 5.75. The van der Waals surface area contributed by atoms with Gasteiger partial charge in [-0.05, 0) is 18.1 Å². The van der Waals surface area contributed by atoms with Crippen molar-refractivity contribution in [2.24, 2.45) is 11.7 Å². The van der Waals surface area contributed by atoms with Crippen molar-refractivity contribution in [2.75, 3.05) is 5.12 Å². The van der Waals surface area contributed by atoms with Gasteiger partial charge in [-0.3, -0.25) is 0 Å². The van der Waals surface area contributed by atoms with Crippen molar-refractivity contribution in [3.8, 4) is 0 Å². The lowest BCUT2D eigenvalue weighted by molar-refractivity contribution is 0.873. The maximum atomic E-state index is 5.46. The Hall–Kier alpha value is -1.06. The molecule has 1 aromatic rings. The predicted octanol–water partition coefficient (Wildman–Crippen LogP) is 1.19. The van der Waals surface area contributed by atoms with E-state index in [1.165, 1.54) is 10.7 Å². The zero-order valence-electron chi connectivity index (χ0n) is 7.33. The van der Waals surface area contributed by atoms with Crippen LogP contribution in [0.1, 0.15) is 18.9 Å². The lowest BCUT2D eigenvalue weighted by Gasteiger charge is -2.15. The lowest BCUT2D eigenvalue weighted by atomic mass is 10.1. The average molecular weight is 165 g/mol. The van der Waals surface area contributed by atoms with Gasteiger partial charge in [-0.15, -0.1) is 0 Å². The Labute approximate surface area is 72.9 Å². The van der Waals surface area contributed by atoms with Gasteiger partial charge >= 0.3 is 0 Å². The van der Waals surface area contributed by atoms with Crippen molar-refractivity contribution >= 4 is 5.69 Å². The standard InChI is InChI=1S/C9H15N3/c1-2-5-8-6-3-4-7-9(8)12(10)11/h3-4,6-7H,2,5,10-11H2,1H3. The highest BCUT2D eigenvalue weighted by Crippen LogP contribution is 2.17. The second kappa shape index (κ2) is 4.09. The van der Waals surface area contributed by atoms with Crippen LogP contribution in [0.3, 0.4) is 0 Å². The molecule has 0 saturated heterocycles. The molecule has 0 spiro atoms. The summed E-state index contributed by atoms with van der Waals surface area (Å²) in [5.74, 6) is 10.9. The molecule has 0 heterocycles. The Morgan fingerprint density at radius 1 is 1.25 bits per heavy atom. The number of nitrogens with two attached hydrogens (primary N) is 2. The Bertz CT molecular complexity index is 245. The molecule has 66 valence electrons. The summed E-state index contributed by atoms with van der Waals surface area (Å²) < 4.78 is 0. The highest BCUT2D eigenvalue weighted by Gasteiger charge is 2.01. The number of benzene rings is 1. The summed E-state index contributed by atoms with van der Waals surface area (Å²) >= 11 is 0. The zero-order chi connectivity index (χ0) is 8.97. The maximum Gasteiger partial charge on any atom is 0.0728 e. The SMILES string of the molecule is CCCc1ccccc1N(N)N. The monoisotopic (exact) mass is 165 g/mol. The Morgan fingerprint density at radius 3 is 2.50 bits per heavy atom. The number of aryl methyl sites for hydroxylation is 1. The van der Waals surface area contributed by atoms with E-state index in [0.29, 0.717) is 0 Å². The van der Waals surface area contributed by atoms with Crippen LogP contribution in [-0.4, -0.2) is 0 Å². The largest absolute Gasteiger partial charge is 0.247 e. The molecule has 3 nitrogen and oxygen atoms in total. The van der Waals surface area contributed by atoms with E-state index in [2.05, 4.69) is 6.92 Å². The second-order valence-corrected chi connectivity index (χ2v) is 2.79. The van der Waals surface area contributed by atoms with Crippen LogP contribution in [0.15, 0.2) is 24.3 Å². The second-order valence-electron chi connectivity index (χ2n) is 2.79. The number of rotatable bonds is 3. The highest BCUT2D eigenvalue weighted by atomic mass is 15.6. The minimum atomic E-state index is 0.902. The molecular weight excluding hydrogens is 150 g/mol. The molecule has 4 N–H and O–H groups in total. The van der Waals surface area contributed by atoms with Gasteiger partial charge in [-0.25, -0.2) is 16.8 Å². The van der Waals surface area contributed by atoms with E-state index in [9.17, 15) is 0 Å². The van der Waals surface area contributed by atoms with Crippen LogP contribution >= 0.6 is 0 Å². The molecule has 0 saturated carbocycles. The number of anilines is 1. The number of nitrogens with zero attached hydrogens (tertiary/aromatic N) is 1. The fourth-order valence-electron chi connectivity index (χ4n) is 1.24. The molecule has 0 aliphatic rings. The maximum absolute atomic E-state index is 5.46. The van der Waals surface area contributed by atoms with E-state index in [1.54, 1.807) is 0 Å². The normalized spacial score (nSPS) is 9.92. The third-order valence-corrected chi connectivity index (χ3v) is 1.79. The van der Waals surface area contributed by atoms with Gasteiger partial charge in [-0.1, -0.05) is 31.5 Å². The van der Waals surface area contributed by atoms with Crippen molar-refractivity contribution in [1.82, 2.24) is 0 Å². The van der Waals surface area contributed by atoms with Crippen LogP contribution < -0.4 is 16.8 Å². The minimum Gasteiger partial charge on any atom is -0.247 e. The fourth-order valence-corrected chi connectivity index (χ4v) is 1.24. The summed E-state index contributed by atoms with van der Waals surface area (Å²) in [6.07, 6.45) is 2.12. The van der Waals surface area contributed by atoms with E-state index in [1.807, 2.05) is 24.3 Å². The number of hydrazine groups is 2. The third kappa shape index (κ3) is 1.96.